The van der Waals surface area contributed by atoms with Gasteiger partial charge in [-0.05, 0) is 45.1 Å². The van der Waals surface area contributed by atoms with Crippen LogP contribution in [-0.2, 0) is 14.3 Å². The molecule has 0 bridgehead atoms. The Morgan fingerprint density at radius 3 is 2.43 bits per heavy atom. The van der Waals surface area contributed by atoms with Crippen molar-refractivity contribution in [1.82, 2.24) is 5.32 Å². The van der Waals surface area contributed by atoms with Crippen molar-refractivity contribution in [2.24, 2.45) is 0 Å². The minimum absolute atomic E-state index is 0.0269. The molecule has 0 unspecified atom stereocenters. The molecule has 1 aliphatic heterocycles. The van der Waals surface area contributed by atoms with Gasteiger partial charge in [-0.3, -0.25) is 4.79 Å². The summed E-state index contributed by atoms with van der Waals surface area (Å²) < 4.78 is 5.68. The molecule has 0 aromatic heterocycles. The van der Waals surface area contributed by atoms with Crippen LogP contribution in [0.4, 0.5) is 0 Å². The highest BCUT2D eigenvalue weighted by atomic mass is 16.5. The van der Waals surface area contributed by atoms with E-state index in [1.165, 1.54) is 0 Å². The maximum Gasteiger partial charge on any atom is 0.336 e. The molecule has 4 nitrogen and oxygen atoms in total. The van der Waals surface area contributed by atoms with E-state index >= 15 is 0 Å². The van der Waals surface area contributed by atoms with Crippen LogP contribution in [0, 0.1) is 6.92 Å². The first-order valence-corrected chi connectivity index (χ1v) is 8.33. The number of hydrogen-bond acceptors (Lipinski definition) is 3. The molecule has 3 rings (SSSR count). The second-order valence-corrected chi connectivity index (χ2v) is 6.57. The zero-order chi connectivity index (χ0) is 16.4. The molecule has 1 N–H and O–H groups in total. The van der Waals surface area contributed by atoms with Crippen molar-refractivity contribution >= 4 is 11.9 Å². The van der Waals surface area contributed by atoms with Crippen LogP contribution in [0.25, 0.3) is 0 Å². The van der Waals surface area contributed by atoms with Crippen molar-refractivity contribution in [3.05, 3.63) is 46.7 Å². The van der Waals surface area contributed by atoms with Gasteiger partial charge in [0.05, 0.1) is 5.57 Å². The lowest BCUT2D eigenvalue weighted by Gasteiger charge is -2.27. The Balaban J connectivity index is 1.88. The van der Waals surface area contributed by atoms with Gasteiger partial charge in [0, 0.05) is 18.0 Å². The topological polar surface area (TPSA) is 55.4 Å². The fraction of sp³-hybridized carbons (Fsp3) is 0.474. The van der Waals surface area contributed by atoms with Crippen molar-refractivity contribution in [2.75, 3.05) is 0 Å². The highest BCUT2D eigenvalue weighted by Gasteiger charge is 2.34. The largest absolute Gasteiger partial charge is 0.459 e. The molecule has 1 aromatic rings. The van der Waals surface area contributed by atoms with E-state index in [9.17, 15) is 9.59 Å². The maximum atomic E-state index is 12.7. The van der Waals surface area contributed by atoms with Crippen LogP contribution < -0.4 is 5.32 Å². The Morgan fingerprint density at radius 2 is 1.78 bits per heavy atom. The first-order valence-electron chi connectivity index (χ1n) is 8.33. The summed E-state index contributed by atoms with van der Waals surface area (Å²) >= 11 is 0. The normalized spacial score (nSPS) is 22.2. The molecule has 1 aliphatic carbocycles. The molecule has 2 aliphatic rings. The highest BCUT2D eigenvalue weighted by molar-refractivity contribution is 5.95. The van der Waals surface area contributed by atoms with E-state index in [2.05, 4.69) is 5.32 Å². The molecule has 0 spiro atoms. The lowest BCUT2D eigenvalue weighted by molar-refractivity contribution is -0.144. The number of hydrogen-bond donors (Lipinski definition) is 1. The molecule has 122 valence electrons. The van der Waals surface area contributed by atoms with Crippen LogP contribution in [0.1, 0.15) is 56.1 Å². The fourth-order valence-electron chi connectivity index (χ4n) is 3.48. The molecule has 1 saturated carbocycles. The van der Waals surface area contributed by atoms with Crippen molar-refractivity contribution in [1.29, 1.82) is 0 Å². The summed E-state index contributed by atoms with van der Waals surface area (Å²) in [6.07, 6.45) is 4.44. The predicted molar refractivity (Wildman–Crippen MR) is 87.7 cm³/mol. The van der Waals surface area contributed by atoms with Crippen LogP contribution in [0.5, 0.6) is 0 Å². The summed E-state index contributed by atoms with van der Waals surface area (Å²) in [7, 11) is 0. The number of ether oxygens (including phenoxy) is 1. The van der Waals surface area contributed by atoms with Gasteiger partial charge in [0.15, 0.2) is 0 Å². The molecule has 0 saturated heterocycles. The summed E-state index contributed by atoms with van der Waals surface area (Å²) in [6, 6.07) is 8.01. The first kappa shape index (κ1) is 15.8. The van der Waals surface area contributed by atoms with Crippen molar-refractivity contribution < 1.29 is 14.3 Å². The minimum atomic E-state index is -0.278. The van der Waals surface area contributed by atoms with E-state index in [1.54, 1.807) is 6.92 Å². The third kappa shape index (κ3) is 3.46. The quantitative estimate of drug-likeness (QED) is 0.871. The van der Waals surface area contributed by atoms with Crippen molar-refractivity contribution in [3.8, 4) is 0 Å². The smallest absolute Gasteiger partial charge is 0.336 e. The van der Waals surface area contributed by atoms with Gasteiger partial charge in [-0.25, -0.2) is 4.79 Å². The number of esters is 1. The average molecular weight is 313 g/mol. The lowest BCUT2D eigenvalue weighted by atomic mass is 9.84. The molecule has 1 amide bonds. The Labute approximate surface area is 136 Å². The molecule has 0 radical (unpaired) electrons. The van der Waals surface area contributed by atoms with Crippen molar-refractivity contribution in [3.63, 3.8) is 0 Å². The van der Waals surface area contributed by atoms with E-state index in [4.69, 9.17) is 4.74 Å². The van der Waals surface area contributed by atoms with E-state index in [-0.39, 0.29) is 30.3 Å². The van der Waals surface area contributed by atoms with Gasteiger partial charge in [0.2, 0.25) is 5.91 Å². The summed E-state index contributed by atoms with van der Waals surface area (Å²) in [5, 5.41) is 2.79. The van der Waals surface area contributed by atoms with Crippen LogP contribution in [-0.4, -0.2) is 18.0 Å². The van der Waals surface area contributed by atoms with Gasteiger partial charge in [-0.1, -0.05) is 29.8 Å². The minimum Gasteiger partial charge on any atom is -0.459 e. The zero-order valence-electron chi connectivity index (χ0n) is 13.7. The highest BCUT2D eigenvalue weighted by Crippen LogP contribution is 2.34. The second-order valence-electron chi connectivity index (χ2n) is 6.57. The Morgan fingerprint density at radius 1 is 1.13 bits per heavy atom. The number of carbonyl (C=O) groups excluding carboxylic acids is 2. The number of rotatable bonds is 3. The van der Waals surface area contributed by atoms with Gasteiger partial charge in [0.1, 0.15) is 6.10 Å². The standard InChI is InChI=1S/C19H23NO3/c1-12-7-9-14(10-8-12)16-11-17(21)20-13(2)18(16)19(22)23-15-5-3-4-6-15/h7-10,15-16H,3-6,11H2,1-2H3,(H,20,21)/t16-/m1/s1. The van der Waals surface area contributed by atoms with Crippen LogP contribution in [0.3, 0.4) is 0 Å². The monoisotopic (exact) mass is 313 g/mol. The number of nitrogens with one attached hydrogen (secondary N) is 1. The average Bonchev–Trinajstić information content (AvgIpc) is 3.00. The molecule has 1 atom stereocenters. The van der Waals surface area contributed by atoms with E-state index in [1.807, 2.05) is 31.2 Å². The van der Waals surface area contributed by atoms with E-state index in [0.717, 1.165) is 36.8 Å². The van der Waals surface area contributed by atoms with Crippen LogP contribution in [0.15, 0.2) is 35.5 Å². The molecule has 1 heterocycles. The Hall–Kier alpha value is -2.10. The van der Waals surface area contributed by atoms with Gasteiger partial charge < -0.3 is 10.1 Å². The molecule has 1 aromatic carbocycles. The number of amides is 1. The lowest BCUT2D eigenvalue weighted by Crippen LogP contribution is -2.35. The number of allylic oxidation sites excluding steroid dienone is 1. The van der Waals surface area contributed by atoms with Gasteiger partial charge in [0.25, 0.3) is 0 Å². The van der Waals surface area contributed by atoms with Crippen LogP contribution >= 0.6 is 0 Å². The summed E-state index contributed by atoms with van der Waals surface area (Å²) in [5.41, 5.74) is 3.36. The summed E-state index contributed by atoms with van der Waals surface area (Å²) in [6.45, 7) is 3.80. The van der Waals surface area contributed by atoms with E-state index < -0.39 is 0 Å². The maximum absolute atomic E-state index is 12.7. The molecule has 23 heavy (non-hydrogen) atoms. The number of carbonyl (C=O) groups is 2. The Bertz CT molecular complexity index is 639. The van der Waals surface area contributed by atoms with Gasteiger partial charge in [-0.15, -0.1) is 0 Å². The van der Waals surface area contributed by atoms with Crippen molar-refractivity contribution in [2.45, 2.75) is 58.0 Å². The molecular weight excluding hydrogens is 290 g/mol. The molecule has 4 heteroatoms. The number of aryl methyl sites for hydroxylation is 1. The van der Waals surface area contributed by atoms with E-state index in [0.29, 0.717) is 11.3 Å². The third-order valence-corrected chi connectivity index (χ3v) is 4.74. The summed E-state index contributed by atoms with van der Waals surface area (Å²) in [5.74, 6) is -0.552. The summed E-state index contributed by atoms with van der Waals surface area (Å²) in [4.78, 5) is 24.6. The molecule has 1 fully saturated rings. The number of benzene rings is 1. The predicted octanol–water partition coefficient (Wildman–Crippen LogP) is 3.36. The Kier molecular flexibility index (Phi) is 4.51. The fourth-order valence-corrected chi connectivity index (χ4v) is 3.48. The second kappa shape index (κ2) is 6.57. The SMILES string of the molecule is CC1=C(C(=O)OC2CCCC2)[C@@H](c2ccc(C)cc2)CC(=O)N1. The first-order chi connectivity index (χ1) is 11.0. The zero-order valence-corrected chi connectivity index (χ0v) is 13.7. The van der Waals surface area contributed by atoms with Gasteiger partial charge >= 0.3 is 5.97 Å². The molecular formula is C19H23NO3. The third-order valence-electron chi connectivity index (χ3n) is 4.74. The van der Waals surface area contributed by atoms with Crippen LogP contribution in [0.2, 0.25) is 0 Å². The van der Waals surface area contributed by atoms with Gasteiger partial charge in [-0.2, -0.15) is 0 Å².